The average molecular weight is 266 g/mol. The average Bonchev–Trinajstić information content (AvgIpc) is 2.37. The molecule has 1 atom stereocenters. The molecule has 2 N–H and O–H groups in total. The van der Waals surface area contributed by atoms with Gasteiger partial charge in [-0.15, -0.1) is 11.8 Å². The highest BCUT2D eigenvalue weighted by Crippen LogP contribution is 2.16. The summed E-state index contributed by atoms with van der Waals surface area (Å²) in [6.45, 7) is 6.59. The first-order chi connectivity index (χ1) is 8.59. The first-order valence-electron chi connectivity index (χ1n) is 6.71. The van der Waals surface area contributed by atoms with Crippen molar-refractivity contribution in [2.75, 3.05) is 25.9 Å². The second kappa shape index (κ2) is 8.57. The molecule has 1 aromatic carbocycles. The van der Waals surface area contributed by atoms with Gasteiger partial charge in [-0.1, -0.05) is 32.0 Å². The maximum Gasteiger partial charge on any atom is 0.0108 e. The van der Waals surface area contributed by atoms with Crippen LogP contribution in [-0.4, -0.2) is 36.8 Å². The molecule has 0 aliphatic rings. The molecule has 0 saturated carbocycles. The zero-order valence-electron chi connectivity index (χ0n) is 11.8. The van der Waals surface area contributed by atoms with Crippen molar-refractivity contribution in [3.8, 4) is 0 Å². The molecule has 0 spiro atoms. The van der Waals surface area contributed by atoms with Crippen LogP contribution in [0.4, 0.5) is 0 Å². The predicted octanol–water partition coefficient (Wildman–Crippen LogP) is 3.08. The summed E-state index contributed by atoms with van der Waals surface area (Å²) in [6.07, 6.45) is 1.09. The maximum atomic E-state index is 6.05. The van der Waals surface area contributed by atoms with Gasteiger partial charge in [0.25, 0.3) is 0 Å². The van der Waals surface area contributed by atoms with Crippen LogP contribution < -0.4 is 5.73 Å². The zero-order chi connectivity index (χ0) is 13.4. The predicted molar refractivity (Wildman–Crippen MR) is 82.1 cm³/mol. The molecule has 2 nitrogen and oxygen atoms in total. The molecule has 102 valence electrons. The van der Waals surface area contributed by atoms with Crippen LogP contribution >= 0.6 is 11.8 Å². The van der Waals surface area contributed by atoms with Gasteiger partial charge in [0.05, 0.1) is 0 Å². The first kappa shape index (κ1) is 15.5. The van der Waals surface area contributed by atoms with E-state index in [-0.39, 0.29) is 0 Å². The molecule has 3 heteroatoms. The number of thioether (sulfide) groups is 1. The minimum absolute atomic E-state index is 0.328. The normalized spacial score (nSPS) is 13.2. The van der Waals surface area contributed by atoms with Crippen LogP contribution in [-0.2, 0) is 0 Å². The fourth-order valence-electron chi connectivity index (χ4n) is 1.65. The Morgan fingerprint density at radius 1 is 1.17 bits per heavy atom. The van der Waals surface area contributed by atoms with Crippen molar-refractivity contribution in [1.82, 2.24) is 4.90 Å². The summed E-state index contributed by atoms with van der Waals surface area (Å²) in [5.74, 6) is 1.72. The van der Waals surface area contributed by atoms with Crippen LogP contribution in [0.2, 0.25) is 0 Å². The lowest BCUT2D eigenvalue weighted by atomic mass is 10.0. The van der Waals surface area contributed by atoms with Crippen molar-refractivity contribution in [2.45, 2.75) is 31.2 Å². The summed E-state index contributed by atoms with van der Waals surface area (Å²) < 4.78 is 0. The smallest absolute Gasteiger partial charge is 0.0108 e. The Labute approximate surface area is 116 Å². The van der Waals surface area contributed by atoms with Gasteiger partial charge in [0, 0.05) is 23.2 Å². The quantitative estimate of drug-likeness (QED) is 0.733. The first-order valence-corrected chi connectivity index (χ1v) is 7.70. The Morgan fingerprint density at radius 3 is 2.44 bits per heavy atom. The molecule has 0 fully saturated rings. The van der Waals surface area contributed by atoms with E-state index in [0.717, 1.165) is 25.3 Å². The van der Waals surface area contributed by atoms with E-state index in [4.69, 9.17) is 5.73 Å². The molecule has 0 heterocycles. The number of benzene rings is 1. The van der Waals surface area contributed by atoms with Crippen LogP contribution in [0, 0.1) is 5.92 Å². The third kappa shape index (κ3) is 6.43. The lowest BCUT2D eigenvalue weighted by Gasteiger charge is -2.21. The van der Waals surface area contributed by atoms with Crippen molar-refractivity contribution in [3.05, 3.63) is 30.3 Å². The van der Waals surface area contributed by atoms with Gasteiger partial charge in [0.1, 0.15) is 0 Å². The van der Waals surface area contributed by atoms with E-state index in [1.165, 1.54) is 4.90 Å². The molecule has 18 heavy (non-hydrogen) atoms. The second-order valence-electron chi connectivity index (χ2n) is 5.16. The van der Waals surface area contributed by atoms with Crippen LogP contribution in [0.25, 0.3) is 0 Å². The van der Waals surface area contributed by atoms with Gasteiger partial charge < -0.3 is 10.6 Å². The van der Waals surface area contributed by atoms with Gasteiger partial charge in [-0.25, -0.2) is 0 Å². The summed E-state index contributed by atoms with van der Waals surface area (Å²) in [5, 5.41) is 0. The summed E-state index contributed by atoms with van der Waals surface area (Å²) in [7, 11) is 2.18. The molecule has 1 unspecified atom stereocenters. The lowest BCUT2D eigenvalue weighted by Crippen LogP contribution is -2.32. The van der Waals surface area contributed by atoms with E-state index in [1.807, 2.05) is 11.8 Å². The van der Waals surface area contributed by atoms with E-state index in [9.17, 15) is 0 Å². The largest absolute Gasteiger partial charge is 0.327 e. The molecule has 1 aromatic rings. The summed E-state index contributed by atoms with van der Waals surface area (Å²) in [5.41, 5.74) is 6.05. The highest BCUT2D eigenvalue weighted by atomic mass is 32.2. The van der Waals surface area contributed by atoms with Gasteiger partial charge in [0.2, 0.25) is 0 Å². The summed E-state index contributed by atoms with van der Waals surface area (Å²) >= 11 is 1.92. The van der Waals surface area contributed by atoms with Crippen molar-refractivity contribution >= 4 is 11.8 Å². The molecule has 0 amide bonds. The van der Waals surface area contributed by atoms with Gasteiger partial charge >= 0.3 is 0 Å². The van der Waals surface area contributed by atoms with Crippen molar-refractivity contribution in [2.24, 2.45) is 11.7 Å². The second-order valence-corrected chi connectivity index (χ2v) is 6.33. The molecule has 0 aliphatic carbocycles. The molecular weight excluding hydrogens is 240 g/mol. The standard InChI is InChI=1S/C15H26N2S/c1-13(2)15(16)9-10-17(3)11-12-18-14-7-5-4-6-8-14/h4-8,13,15H,9-12,16H2,1-3H3. The Kier molecular flexibility index (Phi) is 7.40. The zero-order valence-corrected chi connectivity index (χ0v) is 12.6. The molecule has 0 aromatic heterocycles. The van der Waals surface area contributed by atoms with Crippen molar-refractivity contribution < 1.29 is 0 Å². The Hall–Kier alpha value is -0.510. The maximum absolute atomic E-state index is 6.05. The summed E-state index contributed by atoms with van der Waals surface area (Å²) in [6, 6.07) is 10.9. The van der Waals surface area contributed by atoms with Gasteiger partial charge in [-0.05, 0) is 38.1 Å². The minimum atomic E-state index is 0.328. The van der Waals surface area contributed by atoms with Gasteiger partial charge in [-0.3, -0.25) is 0 Å². The highest BCUT2D eigenvalue weighted by Gasteiger charge is 2.08. The van der Waals surface area contributed by atoms with Gasteiger partial charge in [0.15, 0.2) is 0 Å². The minimum Gasteiger partial charge on any atom is -0.327 e. The van der Waals surface area contributed by atoms with E-state index in [1.54, 1.807) is 0 Å². The van der Waals surface area contributed by atoms with E-state index in [0.29, 0.717) is 12.0 Å². The Bertz CT molecular complexity index is 314. The lowest BCUT2D eigenvalue weighted by molar-refractivity contribution is 0.318. The number of nitrogens with zero attached hydrogens (tertiary/aromatic N) is 1. The third-order valence-corrected chi connectivity index (χ3v) is 4.18. The number of nitrogens with two attached hydrogens (primary N) is 1. The van der Waals surface area contributed by atoms with Crippen molar-refractivity contribution in [3.63, 3.8) is 0 Å². The number of hydrogen-bond acceptors (Lipinski definition) is 3. The topological polar surface area (TPSA) is 29.3 Å². The fraction of sp³-hybridized carbons (Fsp3) is 0.600. The van der Waals surface area contributed by atoms with E-state index >= 15 is 0 Å². The third-order valence-electron chi connectivity index (χ3n) is 3.19. The number of hydrogen-bond donors (Lipinski definition) is 1. The van der Waals surface area contributed by atoms with Crippen molar-refractivity contribution in [1.29, 1.82) is 0 Å². The van der Waals surface area contributed by atoms with E-state index in [2.05, 4.69) is 56.1 Å². The SMILES string of the molecule is CC(C)C(N)CCN(C)CCSc1ccccc1. The van der Waals surface area contributed by atoms with Crippen LogP contribution in [0.5, 0.6) is 0 Å². The van der Waals surface area contributed by atoms with Crippen LogP contribution in [0.15, 0.2) is 35.2 Å². The van der Waals surface area contributed by atoms with E-state index < -0.39 is 0 Å². The molecule has 0 radical (unpaired) electrons. The van der Waals surface area contributed by atoms with Crippen LogP contribution in [0.1, 0.15) is 20.3 Å². The molecular formula is C15H26N2S. The molecule has 0 aliphatic heterocycles. The molecule has 0 saturated heterocycles. The van der Waals surface area contributed by atoms with Gasteiger partial charge in [-0.2, -0.15) is 0 Å². The van der Waals surface area contributed by atoms with Crippen LogP contribution in [0.3, 0.4) is 0 Å². The Balaban J connectivity index is 2.12. The molecule has 1 rings (SSSR count). The Morgan fingerprint density at radius 2 is 1.83 bits per heavy atom. The monoisotopic (exact) mass is 266 g/mol. The summed E-state index contributed by atoms with van der Waals surface area (Å²) in [4.78, 5) is 3.72. The number of rotatable bonds is 8. The highest BCUT2D eigenvalue weighted by molar-refractivity contribution is 7.99. The fourth-order valence-corrected chi connectivity index (χ4v) is 2.64. The molecule has 0 bridgehead atoms.